The Labute approximate surface area is 134 Å². The van der Waals surface area contributed by atoms with Crippen molar-refractivity contribution >= 4 is 5.91 Å². The summed E-state index contributed by atoms with van der Waals surface area (Å²) in [6, 6.07) is 7.89. The molecule has 23 heavy (non-hydrogen) atoms. The highest BCUT2D eigenvalue weighted by atomic mass is 16.6. The topological polar surface area (TPSA) is 65.4 Å². The van der Waals surface area contributed by atoms with E-state index in [9.17, 15) is 4.79 Å². The van der Waals surface area contributed by atoms with E-state index in [1.54, 1.807) is 10.9 Å². The summed E-state index contributed by atoms with van der Waals surface area (Å²) in [6.07, 6.45) is 2.62. The molecule has 1 saturated carbocycles. The molecular weight excluding hydrogens is 294 g/mol. The summed E-state index contributed by atoms with van der Waals surface area (Å²) in [6.45, 7) is 1.68. The van der Waals surface area contributed by atoms with Gasteiger partial charge in [-0.15, -0.1) is 0 Å². The molecule has 2 heterocycles. The molecular formula is C17H19N3O3. The third-order valence-corrected chi connectivity index (χ3v) is 4.49. The van der Waals surface area contributed by atoms with Crippen LogP contribution in [0.15, 0.2) is 30.5 Å². The van der Waals surface area contributed by atoms with Gasteiger partial charge in [-0.05, 0) is 36.1 Å². The van der Waals surface area contributed by atoms with Gasteiger partial charge in [0.05, 0.1) is 12.2 Å². The number of fused-ring (bicyclic) bond motifs is 1. The number of carbonyl (C=O) groups excluding carboxylic acids is 1. The minimum Gasteiger partial charge on any atom is -0.486 e. The lowest BCUT2D eigenvalue weighted by molar-refractivity contribution is -0.122. The van der Waals surface area contributed by atoms with Gasteiger partial charge in [-0.3, -0.25) is 9.48 Å². The van der Waals surface area contributed by atoms with E-state index in [0.717, 1.165) is 29.2 Å². The summed E-state index contributed by atoms with van der Waals surface area (Å²) in [5.41, 5.74) is 2.14. The number of benzene rings is 1. The zero-order valence-electron chi connectivity index (χ0n) is 13.0. The zero-order valence-corrected chi connectivity index (χ0v) is 13.0. The monoisotopic (exact) mass is 313 g/mol. The standard InChI is InChI=1S/C17H19N3O3/c1-20-12(4-5-19-20)10-18-17(21)14-9-13(14)11-2-3-15-16(8-11)23-7-6-22-15/h2-5,8,13-14H,6-7,9-10H2,1H3,(H,18,21)/t13-,14+/m0/s1. The first kappa shape index (κ1) is 14.1. The van der Waals surface area contributed by atoms with Crippen LogP contribution < -0.4 is 14.8 Å². The number of ether oxygens (including phenoxy) is 2. The molecule has 0 bridgehead atoms. The third kappa shape index (κ3) is 2.76. The van der Waals surface area contributed by atoms with Gasteiger partial charge < -0.3 is 14.8 Å². The number of nitrogens with one attached hydrogen (secondary N) is 1. The van der Waals surface area contributed by atoms with Gasteiger partial charge in [0.15, 0.2) is 11.5 Å². The molecule has 2 aliphatic rings. The number of aryl methyl sites for hydroxylation is 1. The van der Waals surface area contributed by atoms with Crippen molar-refractivity contribution in [2.24, 2.45) is 13.0 Å². The summed E-state index contributed by atoms with van der Waals surface area (Å²) >= 11 is 0. The molecule has 1 N–H and O–H groups in total. The molecule has 120 valence electrons. The average molecular weight is 313 g/mol. The van der Waals surface area contributed by atoms with E-state index in [2.05, 4.69) is 10.4 Å². The second kappa shape index (κ2) is 5.61. The summed E-state index contributed by atoms with van der Waals surface area (Å²) in [4.78, 5) is 12.3. The van der Waals surface area contributed by atoms with Crippen molar-refractivity contribution in [1.82, 2.24) is 15.1 Å². The molecule has 1 aromatic heterocycles. The van der Waals surface area contributed by atoms with Gasteiger partial charge in [0.25, 0.3) is 0 Å². The SMILES string of the molecule is Cn1nccc1CNC(=O)[C@@H]1C[C@H]1c1ccc2c(c1)OCCO2. The molecule has 6 nitrogen and oxygen atoms in total. The first-order valence-corrected chi connectivity index (χ1v) is 7.86. The molecule has 1 amide bonds. The third-order valence-electron chi connectivity index (χ3n) is 4.49. The highest BCUT2D eigenvalue weighted by molar-refractivity contribution is 5.82. The fourth-order valence-electron chi connectivity index (χ4n) is 3.03. The highest BCUT2D eigenvalue weighted by Gasteiger charge is 2.44. The van der Waals surface area contributed by atoms with Gasteiger partial charge in [0.1, 0.15) is 13.2 Å². The van der Waals surface area contributed by atoms with Crippen molar-refractivity contribution in [2.75, 3.05) is 13.2 Å². The van der Waals surface area contributed by atoms with Gasteiger partial charge >= 0.3 is 0 Å². The minimum absolute atomic E-state index is 0.0470. The minimum atomic E-state index is 0.0470. The molecule has 0 radical (unpaired) electrons. The van der Waals surface area contributed by atoms with Gasteiger partial charge in [0.2, 0.25) is 5.91 Å². The summed E-state index contributed by atoms with van der Waals surface area (Å²) < 4.78 is 12.9. The van der Waals surface area contributed by atoms with Crippen LogP contribution >= 0.6 is 0 Å². The van der Waals surface area contributed by atoms with Crippen LogP contribution in [0, 0.1) is 5.92 Å². The van der Waals surface area contributed by atoms with Crippen molar-refractivity contribution in [1.29, 1.82) is 0 Å². The lowest BCUT2D eigenvalue weighted by Crippen LogP contribution is -2.26. The average Bonchev–Trinajstić information content (AvgIpc) is 3.28. The molecule has 1 aliphatic heterocycles. The maximum Gasteiger partial charge on any atom is 0.224 e. The van der Waals surface area contributed by atoms with Crippen LogP contribution in [0.25, 0.3) is 0 Å². The molecule has 2 aromatic rings. The van der Waals surface area contributed by atoms with Crippen molar-refractivity contribution in [3.8, 4) is 11.5 Å². The number of rotatable bonds is 4. The van der Waals surface area contributed by atoms with E-state index < -0.39 is 0 Å². The van der Waals surface area contributed by atoms with Crippen LogP contribution in [0.1, 0.15) is 23.6 Å². The second-order valence-electron chi connectivity index (χ2n) is 6.02. The molecule has 6 heteroatoms. The first-order valence-electron chi connectivity index (χ1n) is 7.86. The second-order valence-corrected chi connectivity index (χ2v) is 6.02. The summed E-state index contributed by atoms with van der Waals surface area (Å²) in [5, 5.41) is 7.09. The lowest BCUT2D eigenvalue weighted by Gasteiger charge is -2.18. The van der Waals surface area contributed by atoms with E-state index in [1.807, 2.05) is 31.3 Å². The molecule has 4 rings (SSSR count). The van der Waals surface area contributed by atoms with E-state index >= 15 is 0 Å². The normalized spacial score (nSPS) is 21.8. The van der Waals surface area contributed by atoms with Gasteiger partial charge in [-0.25, -0.2) is 0 Å². The summed E-state index contributed by atoms with van der Waals surface area (Å²) in [7, 11) is 1.87. The number of amides is 1. The van der Waals surface area contributed by atoms with E-state index in [0.29, 0.717) is 19.8 Å². The van der Waals surface area contributed by atoms with Crippen LogP contribution in [0.2, 0.25) is 0 Å². The molecule has 1 aromatic carbocycles. The lowest BCUT2D eigenvalue weighted by atomic mass is 10.1. The van der Waals surface area contributed by atoms with Gasteiger partial charge in [-0.2, -0.15) is 5.10 Å². The van der Waals surface area contributed by atoms with Crippen molar-refractivity contribution in [2.45, 2.75) is 18.9 Å². The fraction of sp³-hybridized carbons (Fsp3) is 0.412. The quantitative estimate of drug-likeness (QED) is 0.931. The van der Waals surface area contributed by atoms with E-state index in [1.165, 1.54) is 0 Å². The predicted octanol–water partition coefficient (Wildman–Crippen LogP) is 1.61. The van der Waals surface area contributed by atoms with E-state index in [-0.39, 0.29) is 17.7 Å². The van der Waals surface area contributed by atoms with Crippen LogP contribution in [0.3, 0.4) is 0 Å². The Balaban J connectivity index is 1.38. The molecule has 0 spiro atoms. The molecule has 1 aliphatic carbocycles. The van der Waals surface area contributed by atoms with Crippen molar-refractivity contribution in [3.05, 3.63) is 41.7 Å². The van der Waals surface area contributed by atoms with Gasteiger partial charge in [0, 0.05) is 19.2 Å². The Morgan fingerprint density at radius 3 is 2.91 bits per heavy atom. The zero-order chi connectivity index (χ0) is 15.8. The Morgan fingerprint density at radius 2 is 2.13 bits per heavy atom. The number of carbonyl (C=O) groups is 1. The molecule has 1 fully saturated rings. The van der Waals surface area contributed by atoms with E-state index in [4.69, 9.17) is 9.47 Å². The Hall–Kier alpha value is -2.50. The molecule has 0 saturated heterocycles. The van der Waals surface area contributed by atoms with Crippen LogP contribution in [0.4, 0.5) is 0 Å². The Morgan fingerprint density at radius 1 is 1.30 bits per heavy atom. The smallest absolute Gasteiger partial charge is 0.224 e. The molecule has 0 unspecified atom stereocenters. The number of nitrogens with zero attached hydrogens (tertiary/aromatic N) is 2. The largest absolute Gasteiger partial charge is 0.486 e. The number of hydrogen-bond acceptors (Lipinski definition) is 4. The van der Waals surface area contributed by atoms with Crippen LogP contribution in [0.5, 0.6) is 11.5 Å². The van der Waals surface area contributed by atoms with Crippen molar-refractivity contribution in [3.63, 3.8) is 0 Å². The van der Waals surface area contributed by atoms with Crippen molar-refractivity contribution < 1.29 is 14.3 Å². The van der Waals surface area contributed by atoms with Crippen LogP contribution in [-0.2, 0) is 18.4 Å². The fourth-order valence-corrected chi connectivity index (χ4v) is 3.03. The maximum atomic E-state index is 12.3. The van der Waals surface area contributed by atoms with Crippen LogP contribution in [-0.4, -0.2) is 28.9 Å². The first-order chi connectivity index (χ1) is 11.2. The predicted molar refractivity (Wildman–Crippen MR) is 83.3 cm³/mol. The summed E-state index contributed by atoms with van der Waals surface area (Å²) in [5.74, 6) is 2.00. The maximum absolute atomic E-state index is 12.3. The molecule has 2 atom stereocenters. The number of aromatic nitrogens is 2. The Kier molecular flexibility index (Phi) is 3.44. The van der Waals surface area contributed by atoms with Gasteiger partial charge in [-0.1, -0.05) is 6.07 Å². The Bertz CT molecular complexity index is 740. The number of hydrogen-bond donors (Lipinski definition) is 1. The highest BCUT2D eigenvalue weighted by Crippen LogP contribution is 2.49.